The van der Waals surface area contributed by atoms with Crippen molar-refractivity contribution in [3.05, 3.63) is 256 Å². The molecule has 0 saturated carbocycles. The molecule has 2 aliphatic heterocycles. The van der Waals surface area contributed by atoms with Crippen LogP contribution in [0.3, 0.4) is 0 Å². The zero-order chi connectivity index (χ0) is 80.4. The molecule has 16 rings (SSSR count). The Kier molecular flexibility index (Phi) is 26.4. The van der Waals surface area contributed by atoms with Gasteiger partial charge in [-0.1, -0.05) is 138 Å². The highest BCUT2D eigenvalue weighted by Crippen LogP contribution is 2.49. The number of hydrogen-bond donors (Lipinski definition) is 0. The predicted octanol–water partition coefficient (Wildman–Crippen LogP) is 22.2. The number of aromatic nitrogens is 13. The Balaban J connectivity index is 0.000000133. The van der Waals surface area contributed by atoms with Gasteiger partial charge in [0.15, 0.2) is 17.9 Å². The van der Waals surface area contributed by atoms with Crippen LogP contribution in [0.15, 0.2) is 165 Å². The van der Waals surface area contributed by atoms with Gasteiger partial charge in [0, 0.05) is 54.9 Å². The Labute approximate surface area is 660 Å². The minimum Gasteiger partial charge on any atom is -0.492 e. The van der Waals surface area contributed by atoms with E-state index in [1.54, 1.807) is 35.0 Å². The fourth-order valence-electron chi connectivity index (χ4n) is 14.4. The van der Waals surface area contributed by atoms with Gasteiger partial charge >= 0.3 is 5.92 Å². The van der Waals surface area contributed by atoms with Crippen molar-refractivity contribution in [2.24, 2.45) is 0 Å². The minimum atomic E-state index is -2.93. The van der Waals surface area contributed by atoms with Crippen LogP contribution >= 0.6 is 0 Å². The normalized spacial score (nSPS) is 12.9. The van der Waals surface area contributed by atoms with Gasteiger partial charge in [0.2, 0.25) is 0 Å². The van der Waals surface area contributed by atoms with E-state index in [-0.39, 0.29) is 17.2 Å². The molecule has 0 spiro atoms. The van der Waals surface area contributed by atoms with Gasteiger partial charge in [-0.15, -0.1) is 0 Å². The molecule has 0 radical (unpaired) electrons. The lowest BCUT2D eigenvalue weighted by Crippen LogP contribution is -2.16. The summed E-state index contributed by atoms with van der Waals surface area (Å²) in [5, 5.41) is 5.25. The number of fused-ring (bicyclic) bond motifs is 4. The SMILES string of the molecule is CCCOc1cc(C(C)C)ccc1-n1cnc(C)c1.CCOc1cc(C(C)C)ccc1-n1cnc(CC)c1.Cc1cn(-c2ccc(C(C)C)c3c(C)noc23)cn1.Cc1cn(-c2ccc(C(C)C)c3c2CC3)cn1.Cc1cn(-c2ccc(C(C)C)c3c2OCC3(F)F)cn1.Cc1cn(-c2ccc(C(C)C)c3c2OCC3)cn1. The van der Waals surface area contributed by atoms with Crippen molar-refractivity contribution in [2.75, 3.05) is 26.4 Å². The molecular weight excluding hydrogens is 1410 g/mol. The number of nitrogens with zero attached hydrogens (tertiary/aromatic N) is 13. The van der Waals surface area contributed by atoms with Crippen LogP contribution in [-0.4, -0.2) is 88.9 Å². The van der Waals surface area contributed by atoms with Gasteiger partial charge in [0.25, 0.3) is 0 Å². The zero-order valence-electron chi connectivity index (χ0n) is 69.5. The van der Waals surface area contributed by atoms with E-state index in [2.05, 4.69) is 208 Å². The van der Waals surface area contributed by atoms with E-state index in [1.165, 1.54) is 57.5 Å². The molecule has 0 N–H and O–H groups in total. The molecule has 7 aromatic heterocycles. The van der Waals surface area contributed by atoms with Crippen molar-refractivity contribution in [2.45, 2.75) is 219 Å². The molecule has 112 heavy (non-hydrogen) atoms. The third-order valence-corrected chi connectivity index (χ3v) is 20.5. The van der Waals surface area contributed by atoms with Crippen LogP contribution in [0.2, 0.25) is 0 Å². The van der Waals surface area contributed by atoms with Crippen LogP contribution in [0, 0.1) is 41.5 Å². The fraction of sp³-hybridized carbons (Fsp3) is 0.402. The van der Waals surface area contributed by atoms with E-state index in [4.69, 9.17) is 23.5 Å². The van der Waals surface area contributed by atoms with Gasteiger partial charge in [-0.25, -0.2) is 29.9 Å². The topological polar surface area (TPSA) is 170 Å². The third kappa shape index (κ3) is 18.7. The molecule has 0 atom stereocenters. The maximum absolute atomic E-state index is 14.1. The van der Waals surface area contributed by atoms with Gasteiger partial charge in [0.05, 0.1) is 137 Å². The maximum Gasteiger partial charge on any atom is 0.310 e. The van der Waals surface area contributed by atoms with Crippen LogP contribution in [0.1, 0.15) is 241 Å². The highest BCUT2D eigenvalue weighted by Gasteiger charge is 2.45. The first kappa shape index (κ1) is 82.1. The number of imidazole rings is 6. The molecule has 0 amide bonds. The first-order valence-electron chi connectivity index (χ1n) is 39.7. The van der Waals surface area contributed by atoms with Crippen LogP contribution in [-0.2, 0) is 31.6 Å². The molecule has 0 fully saturated rings. The number of ether oxygens (including phenoxy) is 4. The highest BCUT2D eigenvalue weighted by atomic mass is 19.3. The molecule has 3 aliphatic rings. The average molecular weight is 1520 g/mol. The first-order chi connectivity index (χ1) is 53.6. The second-order valence-corrected chi connectivity index (χ2v) is 31.1. The van der Waals surface area contributed by atoms with E-state index < -0.39 is 12.5 Å². The zero-order valence-corrected chi connectivity index (χ0v) is 69.5. The van der Waals surface area contributed by atoms with Gasteiger partial charge in [0.1, 0.15) is 17.2 Å². The molecule has 0 unspecified atom stereocenters. The number of hydrogen-bond acceptors (Lipinski definition) is 12. The molecule has 6 aromatic carbocycles. The number of halogens is 2. The summed E-state index contributed by atoms with van der Waals surface area (Å²) in [5.41, 5.74) is 25.8. The van der Waals surface area contributed by atoms with Crippen LogP contribution in [0.5, 0.6) is 23.0 Å². The van der Waals surface area contributed by atoms with Crippen molar-refractivity contribution in [3.63, 3.8) is 0 Å². The largest absolute Gasteiger partial charge is 0.492 e. The van der Waals surface area contributed by atoms with Crippen LogP contribution in [0.4, 0.5) is 8.78 Å². The van der Waals surface area contributed by atoms with E-state index in [0.29, 0.717) is 47.4 Å². The van der Waals surface area contributed by atoms with E-state index in [1.807, 2.05) is 131 Å². The minimum absolute atomic E-state index is 0.0231. The van der Waals surface area contributed by atoms with Crippen LogP contribution < -0.4 is 18.9 Å². The Morgan fingerprint density at radius 3 is 1.29 bits per heavy atom. The van der Waals surface area contributed by atoms with Gasteiger partial charge in [-0.3, -0.25) is 0 Å². The van der Waals surface area contributed by atoms with Gasteiger partial charge in [-0.2, -0.15) is 8.78 Å². The summed E-state index contributed by atoms with van der Waals surface area (Å²) in [7, 11) is 0. The highest BCUT2D eigenvalue weighted by molar-refractivity contribution is 5.90. The third-order valence-electron chi connectivity index (χ3n) is 20.5. The smallest absolute Gasteiger partial charge is 0.310 e. The quantitative estimate of drug-likeness (QED) is 0.0798. The molecule has 9 heterocycles. The van der Waals surface area contributed by atoms with Crippen LogP contribution in [0.25, 0.3) is 45.1 Å². The Morgan fingerprint density at radius 2 is 0.839 bits per heavy atom. The second-order valence-electron chi connectivity index (χ2n) is 31.1. The second kappa shape index (κ2) is 36.1. The number of alkyl halides is 2. The fourth-order valence-corrected chi connectivity index (χ4v) is 14.4. The lowest BCUT2D eigenvalue weighted by Gasteiger charge is -2.27. The number of rotatable bonds is 18. The van der Waals surface area contributed by atoms with Crippen molar-refractivity contribution < 1.29 is 32.3 Å². The summed E-state index contributed by atoms with van der Waals surface area (Å²) < 4.78 is 68.5. The summed E-state index contributed by atoms with van der Waals surface area (Å²) in [5.74, 6) is 2.89. The lowest BCUT2D eigenvalue weighted by atomic mass is 9.80. The molecule has 13 aromatic rings. The van der Waals surface area contributed by atoms with E-state index in [9.17, 15) is 8.78 Å². The standard InChI is InChI=1S/2C16H22N2O.C15H16F2N2O.C15H17N3O.C15H18N2O.C15H18N2/c1-5-8-19-16-9-14(12(2)3)6-7-15(16)18-10-13(4)17-11-18;1-5-14-10-18(11-17-14)15-8-7-13(12(3)4)9-16(15)19-6-2;1-9(2)11-4-5-12(19-6-10(3)18-8-19)14-13(11)15(16,17)7-20-14;1-9(2)12-5-6-13(18-7-10(3)16-8-18)15-14(12)11(4)17-19-15;1-10(2)12-4-5-14(15-13(12)6-7-18-15)17-8-11(3)16-9-17;1-10(2)12-6-7-15(14-5-4-13(12)14)17-8-11(3)16-9-17/h6-7,9-12H,5,8H2,1-4H3;7-12H,5-6H2,1-4H3;4-6,8-9H,7H2,1-3H3;5-9H,1-4H3;4-5,8-10H,6-7H2,1-3H3;6-10H,4-5H2,1-3H3. The van der Waals surface area contributed by atoms with Crippen molar-refractivity contribution in [1.29, 1.82) is 0 Å². The van der Waals surface area contributed by atoms with E-state index >= 15 is 0 Å². The molecule has 0 bridgehead atoms. The molecule has 0 saturated heterocycles. The Morgan fingerprint density at radius 1 is 0.420 bits per heavy atom. The molecule has 590 valence electrons. The summed E-state index contributed by atoms with van der Waals surface area (Å²) in [4.78, 5) is 25.6. The summed E-state index contributed by atoms with van der Waals surface area (Å²) >= 11 is 0. The monoisotopic (exact) mass is 1520 g/mol. The predicted molar refractivity (Wildman–Crippen MR) is 444 cm³/mol. The summed E-state index contributed by atoms with van der Waals surface area (Å²) in [6.07, 6.45) is 28.3. The first-order valence-corrected chi connectivity index (χ1v) is 39.7. The average Bonchev–Trinajstić information content (AvgIpc) is 1.54. The van der Waals surface area contributed by atoms with Gasteiger partial charge in [-0.05, 0) is 203 Å². The Hall–Kier alpha value is -10.9. The summed E-state index contributed by atoms with van der Waals surface area (Å²) in [6.45, 7) is 45.7. The molecule has 1 aliphatic carbocycles. The van der Waals surface area contributed by atoms with E-state index in [0.717, 1.165) is 123 Å². The molecule has 18 nitrogen and oxygen atoms in total. The Bertz CT molecular complexity index is 5320. The van der Waals surface area contributed by atoms with Crippen molar-refractivity contribution >= 4 is 11.0 Å². The number of aryl methyl sites for hydroxylation is 7. The number of benzene rings is 6. The van der Waals surface area contributed by atoms with Crippen molar-refractivity contribution in [3.8, 4) is 57.1 Å². The molecular formula is C92H113F2N13O5. The molecule has 20 heteroatoms. The maximum atomic E-state index is 14.1. The van der Waals surface area contributed by atoms with Gasteiger partial charge < -0.3 is 50.9 Å². The lowest BCUT2D eigenvalue weighted by molar-refractivity contribution is -0.0221. The van der Waals surface area contributed by atoms with Crippen molar-refractivity contribution in [1.82, 2.24) is 62.5 Å². The summed E-state index contributed by atoms with van der Waals surface area (Å²) in [6, 6.07) is 29.5.